The minimum absolute atomic E-state index is 0. The number of hydrogen-bond acceptors (Lipinski definition) is 4. The molecule has 0 atom stereocenters. The van der Waals surface area contributed by atoms with Crippen LogP contribution in [-0.2, 0) is 6.54 Å². The zero-order chi connectivity index (χ0) is 18.9. The number of rotatable bonds is 8. The van der Waals surface area contributed by atoms with Crippen molar-refractivity contribution in [3.63, 3.8) is 0 Å². The van der Waals surface area contributed by atoms with Gasteiger partial charge in [-0.15, -0.1) is 24.0 Å². The second kappa shape index (κ2) is 11.5. The third kappa shape index (κ3) is 6.82. The Labute approximate surface area is 178 Å². The van der Waals surface area contributed by atoms with Gasteiger partial charge in [-0.05, 0) is 42.7 Å². The SMILES string of the molecule is COc1ccc(CN=C(N)NCCOc2c(C)cccc2C)cc1OC.I. The second-order valence-corrected chi connectivity index (χ2v) is 5.89. The fourth-order valence-corrected chi connectivity index (χ4v) is 2.57. The fraction of sp³-hybridized carbons (Fsp3) is 0.350. The number of nitrogens with zero attached hydrogens (tertiary/aromatic N) is 1. The lowest BCUT2D eigenvalue weighted by Gasteiger charge is -2.12. The predicted octanol–water partition coefficient (Wildman–Crippen LogP) is 3.42. The van der Waals surface area contributed by atoms with Crippen molar-refractivity contribution in [3.05, 3.63) is 53.1 Å². The molecule has 27 heavy (non-hydrogen) atoms. The van der Waals surface area contributed by atoms with Gasteiger partial charge in [-0.25, -0.2) is 4.99 Å². The fourth-order valence-electron chi connectivity index (χ4n) is 2.57. The summed E-state index contributed by atoms with van der Waals surface area (Å²) in [5, 5.41) is 3.06. The molecule has 0 aliphatic carbocycles. The van der Waals surface area contributed by atoms with E-state index in [1.165, 1.54) is 0 Å². The zero-order valence-corrected chi connectivity index (χ0v) is 18.6. The first-order chi connectivity index (χ1) is 12.5. The first-order valence-electron chi connectivity index (χ1n) is 8.49. The van der Waals surface area contributed by atoms with Crippen LogP contribution >= 0.6 is 24.0 Å². The molecule has 0 aliphatic heterocycles. The predicted molar refractivity (Wildman–Crippen MR) is 120 cm³/mol. The van der Waals surface area contributed by atoms with Crippen molar-refractivity contribution in [3.8, 4) is 17.2 Å². The number of methoxy groups -OCH3 is 2. The number of nitrogens with two attached hydrogens (primary N) is 1. The molecule has 7 heteroatoms. The topological polar surface area (TPSA) is 78.1 Å². The van der Waals surface area contributed by atoms with E-state index in [0.29, 0.717) is 37.2 Å². The van der Waals surface area contributed by atoms with Crippen molar-refractivity contribution >= 4 is 29.9 Å². The molecule has 0 aromatic heterocycles. The van der Waals surface area contributed by atoms with Crippen molar-refractivity contribution in [2.24, 2.45) is 10.7 Å². The summed E-state index contributed by atoms with van der Waals surface area (Å²) in [5.74, 6) is 2.67. The van der Waals surface area contributed by atoms with E-state index >= 15 is 0 Å². The highest BCUT2D eigenvalue weighted by molar-refractivity contribution is 14.0. The Kier molecular flexibility index (Phi) is 9.77. The molecule has 0 spiro atoms. The van der Waals surface area contributed by atoms with Crippen LogP contribution < -0.4 is 25.3 Å². The highest BCUT2D eigenvalue weighted by Gasteiger charge is 2.05. The van der Waals surface area contributed by atoms with Gasteiger partial charge >= 0.3 is 0 Å². The third-order valence-corrected chi connectivity index (χ3v) is 3.94. The Balaban J connectivity index is 0.00000364. The van der Waals surface area contributed by atoms with E-state index in [0.717, 1.165) is 22.4 Å². The largest absolute Gasteiger partial charge is 0.493 e. The van der Waals surface area contributed by atoms with Crippen molar-refractivity contribution < 1.29 is 14.2 Å². The van der Waals surface area contributed by atoms with E-state index in [1.807, 2.05) is 50.2 Å². The van der Waals surface area contributed by atoms with Gasteiger partial charge in [0, 0.05) is 0 Å². The number of nitrogens with one attached hydrogen (secondary N) is 1. The first-order valence-corrected chi connectivity index (χ1v) is 8.49. The van der Waals surface area contributed by atoms with Crippen LogP contribution in [0.4, 0.5) is 0 Å². The van der Waals surface area contributed by atoms with Crippen molar-refractivity contribution in [1.82, 2.24) is 5.32 Å². The van der Waals surface area contributed by atoms with E-state index in [2.05, 4.69) is 10.3 Å². The maximum absolute atomic E-state index is 5.91. The molecule has 0 saturated heterocycles. The van der Waals surface area contributed by atoms with Crippen LogP contribution in [0.1, 0.15) is 16.7 Å². The molecule has 0 aliphatic rings. The minimum atomic E-state index is 0. The molecule has 2 aromatic rings. The van der Waals surface area contributed by atoms with E-state index in [1.54, 1.807) is 14.2 Å². The lowest BCUT2D eigenvalue weighted by Crippen LogP contribution is -2.34. The highest BCUT2D eigenvalue weighted by Crippen LogP contribution is 2.27. The zero-order valence-electron chi connectivity index (χ0n) is 16.2. The van der Waals surface area contributed by atoms with Crippen LogP contribution in [0.3, 0.4) is 0 Å². The lowest BCUT2D eigenvalue weighted by molar-refractivity contribution is 0.318. The minimum Gasteiger partial charge on any atom is -0.493 e. The standard InChI is InChI=1S/C20H27N3O3.HI/c1-14-6-5-7-15(2)19(14)26-11-10-22-20(21)23-13-16-8-9-17(24-3)18(12-16)25-4;/h5-9,12H,10-11,13H2,1-4H3,(H3,21,22,23);1H. The molecule has 3 N–H and O–H groups in total. The molecule has 0 fully saturated rings. The maximum Gasteiger partial charge on any atom is 0.189 e. The van der Waals surface area contributed by atoms with Gasteiger partial charge in [-0.1, -0.05) is 24.3 Å². The summed E-state index contributed by atoms with van der Waals surface area (Å²) in [6, 6.07) is 11.8. The van der Waals surface area contributed by atoms with Gasteiger partial charge in [0.05, 0.1) is 27.3 Å². The molecule has 148 valence electrons. The first kappa shape index (κ1) is 22.9. The Hall–Kier alpha value is -2.16. The van der Waals surface area contributed by atoms with E-state index < -0.39 is 0 Å². The van der Waals surface area contributed by atoms with Crippen molar-refractivity contribution in [1.29, 1.82) is 0 Å². The molecule has 0 heterocycles. The summed E-state index contributed by atoms with van der Waals surface area (Å²) < 4.78 is 16.3. The lowest BCUT2D eigenvalue weighted by atomic mass is 10.1. The summed E-state index contributed by atoms with van der Waals surface area (Å²) in [6.45, 7) is 5.62. The molecule has 6 nitrogen and oxygen atoms in total. The summed E-state index contributed by atoms with van der Waals surface area (Å²) >= 11 is 0. The van der Waals surface area contributed by atoms with Crippen LogP contribution in [0.25, 0.3) is 0 Å². The van der Waals surface area contributed by atoms with Gasteiger partial charge in [0.1, 0.15) is 12.4 Å². The number of aliphatic imine (C=N–C) groups is 1. The normalized spacial score (nSPS) is 10.7. The highest BCUT2D eigenvalue weighted by atomic mass is 127. The Morgan fingerprint density at radius 2 is 1.70 bits per heavy atom. The molecule has 0 amide bonds. The number of halogens is 1. The van der Waals surface area contributed by atoms with Gasteiger partial charge < -0.3 is 25.3 Å². The van der Waals surface area contributed by atoms with Gasteiger partial charge in [0.2, 0.25) is 0 Å². The molecule has 0 radical (unpaired) electrons. The third-order valence-electron chi connectivity index (χ3n) is 3.94. The molecule has 0 saturated carbocycles. The van der Waals surface area contributed by atoms with E-state index in [-0.39, 0.29) is 24.0 Å². The molecular weight excluding hydrogens is 457 g/mol. The quantitative estimate of drug-likeness (QED) is 0.259. The molecule has 0 bridgehead atoms. The van der Waals surface area contributed by atoms with E-state index in [4.69, 9.17) is 19.9 Å². The Morgan fingerprint density at radius 1 is 1.04 bits per heavy atom. The van der Waals surface area contributed by atoms with Gasteiger partial charge in [0.15, 0.2) is 17.5 Å². The van der Waals surface area contributed by atoms with Crippen LogP contribution in [0, 0.1) is 13.8 Å². The Bertz CT molecular complexity index is 746. The molecule has 2 aromatic carbocycles. The van der Waals surface area contributed by atoms with Crippen molar-refractivity contribution in [2.75, 3.05) is 27.4 Å². The number of para-hydroxylation sites is 1. The van der Waals surface area contributed by atoms with Gasteiger partial charge in [-0.2, -0.15) is 0 Å². The number of guanidine groups is 1. The van der Waals surface area contributed by atoms with Crippen LogP contribution in [-0.4, -0.2) is 33.3 Å². The monoisotopic (exact) mass is 485 g/mol. The van der Waals surface area contributed by atoms with Gasteiger partial charge in [0.25, 0.3) is 0 Å². The van der Waals surface area contributed by atoms with Gasteiger partial charge in [-0.3, -0.25) is 0 Å². The number of ether oxygens (including phenoxy) is 3. The number of benzene rings is 2. The summed E-state index contributed by atoms with van der Waals surface area (Å²) in [5.41, 5.74) is 9.15. The van der Waals surface area contributed by atoms with Crippen LogP contribution in [0.5, 0.6) is 17.2 Å². The average Bonchev–Trinajstić information content (AvgIpc) is 2.65. The smallest absolute Gasteiger partial charge is 0.189 e. The summed E-state index contributed by atoms with van der Waals surface area (Å²) in [6.07, 6.45) is 0. The van der Waals surface area contributed by atoms with Crippen LogP contribution in [0.2, 0.25) is 0 Å². The number of aryl methyl sites for hydroxylation is 2. The summed E-state index contributed by atoms with van der Waals surface area (Å²) in [7, 11) is 3.22. The molecule has 0 unspecified atom stereocenters. The molecular formula is C20H28IN3O3. The maximum atomic E-state index is 5.91. The van der Waals surface area contributed by atoms with Crippen molar-refractivity contribution in [2.45, 2.75) is 20.4 Å². The number of hydrogen-bond donors (Lipinski definition) is 2. The Morgan fingerprint density at radius 3 is 2.33 bits per heavy atom. The summed E-state index contributed by atoms with van der Waals surface area (Å²) in [4.78, 5) is 4.34. The average molecular weight is 485 g/mol. The molecule has 2 rings (SSSR count). The van der Waals surface area contributed by atoms with E-state index in [9.17, 15) is 0 Å². The van der Waals surface area contributed by atoms with Crippen LogP contribution in [0.15, 0.2) is 41.4 Å². The second-order valence-electron chi connectivity index (χ2n) is 5.89.